The minimum Gasteiger partial charge on any atom is -0.494 e. The van der Waals surface area contributed by atoms with Crippen molar-refractivity contribution in [3.63, 3.8) is 0 Å². The molecule has 2 aromatic rings. The number of primary amides is 1. The van der Waals surface area contributed by atoms with Crippen molar-refractivity contribution in [2.24, 2.45) is 5.73 Å². The molecule has 0 aliphatic rings. The number of hydrogen-bond acceptors (Lipinski definition) is 4. The summed E-state index contributed by atoms with van der Waals surface area (Å²) in [7, 11) is 0. The van der Waals surface area contributed by atoms with Gasteiger partial charge in [-0.1, -0.05) is 11.6 Å². The van der Waals surface area contributed by atoms with Crippen LogP contribution in [0.1, 0.15) is 17.3 Å². The molecule has 0 aromatic heterocycles. The average molecular weight is 349 g/mol. The molecule has 0 unspecified atom stereocenters. The van der Waals surface area contributed by atoms with E-state index in [-0.39, 0.29) is 23.1 Å². The molecular formula is C17H17ClN2O4. The first-order valence-corrected chi connectivity index (χ1v) is 7.62. The Labute approximate surface area is 144 Å². The first-order valence-electron chi connectivity index (χ1n) is 7.24. The number of halogens is 1. The lowest BCUT2D eigenvalue weighted by Gasteiger charge is -2.09. The van der Waals surface area contributed by atoms with Gasteiger partial charge in [-0.15, -0.1) is 0 Å². The lowest BCUT2D eigenvalue weighted by Crippen LogP contribution is -2.20. The normalized spacial score (nSPS) is 10.1. The van der Waals surface area contributed by atoms with Crippen molar-refractivity contribution in [1.82, 2.24) is 0 Å². The van der Waals surface area contributed by atoms with Crippen LogP contribution in [-0.4, -0.2) is 25.0 Å². The molecule has 0 heterocycles. The summed E-state index contributed by atoms with van der Waals surface area (Å²) in [6.45, 7) is 2.32. The number of amides is 2. The SMILES string of the molecule is CCOc1ccc(OCC(=O)Nc2ccc(C(N)=O)c(Cl)c2)cc1. The largest absolute Gasteiger partial charge is 0.494 e. The summed E-state index contributed by atoms with van der Waals surface area (Å²) < 4.78 is 10.7. The summed E-state index contributed by atoms with van der Waals surface area (Å²) in [6.07, 6.45) is 0. The fraction of sp³-hybridized carbons (Fsp3) is 0.176. The van der Waals surface area contributed by atoms with Crippen molar-refractivity contribution in [2.75, 3.05) is 18.5 Å². The van der Waals surface area contributed by atoms with E-state index in [0.29, 0.717) is 18.0 Å². The Morgan fingerprint density at radius 3 is 2.25 bits per heavy atom. The standard InChI is InChI=1S/C17H17ClN2O4/c1-2-23-12-4-6-13(7-5-12)24-10-16(21)20-11-3-8-14(17(19)22)15(18)9-11/h3-9H,2,10H2,1H3,(H2,19,22)(H,20,21). The van der Waals surface area contributed by atoms with Gasteiger partial charge in [-0.2, -0.15) is 0 Å². The molecule has 7 heteroatoms. The second-order valence-corrected chi connectivity index (χ2v) is 5.21. The van der Waals surface area contributed by atoms with Crippen molar-refractivity contribution >= 4 is 29.1 Å². The third-order valence-electron chi connectivity index (χ3n) is 3.02. The van der Waals surface area contributed by atoms with Crippen molar-refractivity contribution < 1.29 is 19.1 Å². The van der Waals surface area contributed by atoms with Gasteiger partial charge >= 0.3 is 0 Å². The van der Waals surface area contributed by atoms with Gasteiger partial charge in [0.2, 0.25) is 5.91 Å². The monoisotopic (exact) mass is 348 g/mol. The summed E-state index contributed by atoms with van der Waals surface area (Å²) in [5.41, 5.74) is 5.81. The summed E-state index contributed by atoms with van der Waals surface area (Å²) in [5.74, 6) is 0.303. The molecular weight excluding hydrogens is 332 g/mol. The number of benzene rings is 2. The van der Waals surface area contributed by atoms with E-state index < -0.39 is 5.91 Å². The second-order valence-electron chi connectivity index (χ2n) is 4.80. The van der Waals surface area contributed by atoms with Gasteiger partial charge in [-0.05, 0) is 49.4 Å². The number of carbonyl (C=O) groups excluding carboxylic acids is 2. The third kappa shape index (κ3) is 4.89. The zero-order valence-electron chi connectivity index (χ0n) is 13.0. The third-order valence-corrected chi connectivity index (χ3v) is 3.34. The lowest BCUT2D eigenvalue weighted by atomic mass is 10.2. The van der Waals surface area contributed by atoms with Crippen molar-refractivity contribution in [3.05, 3.63) is 53.1 Å². The van der Waals surface area contributed by atoms with Gasteiger partial charge in [0.05, 0.1) is 17.2 Å². The maximum absolute atomic E-state index is 11.9. The molecule has 3 N–H and O–H groups in total. The molecule has 0 radical (unpaired) electrons. The Hall–Kier alpha value is -2.73. The maximum atomic E-state index is 11.9. The highest BCUT2D eigenvalue weighted by atomic mass is 35.5. The van der Waals surface area contributed by atoms with Gasteiger partial charge in [0, 0.05) is 5.69 Å². The summed E-state index contributed by atoms with van der Waals surface area (Å²) in [4.78, 5) is 23.0. The van der Waals surface area contributed by atoms with Crippen LogP contribution in [-0.2, 0) is 4.79 Å². The van der Waals surface area contributed by atoms with Gasteiger partial charge in [-0.3, -0.25) is 9.59 Å². The van der Waals surface area contributed by atoms with E-state index in [1.807, 2.05) is 6.92 Å². The first kappa shape index (κ1) is 17.6. The molecule has 126 valence electrons. The number of hydrogen-bond donors (Lipinski definition) is 2. The number of nitrogens with two attached hydrogens (primary N) is 1. The van der Waals surface area contributed by atoms with Crippen LogP contribution in [0.4, 0.5) is 5.69 Å². The topological polar surface area (TPSA) is 90.7 Å². The molecule has 0 aliphatic heterocycles. The summed E-state index contributed by atoms with van der Waals surface area (Å²) in [6, 6.07) is 11.4. The molecule has 2 amide bonds. The molecule has 0 bridgehead atoms. The zero-order valence-corrected chi connectivity index (χ0v) is 13.8. The van der Waals surface area contributed by atoms with Crippen molar-refractivity contribution in [1.29, 1.82) is 0 Å². The number of anilines is 1. The number of rotatable bonds is 7. The zero-order chi connectivity index (χ0) is 17.5. The number of ether oxygens (including phenoxy) is 2. The predicted molar refractivity (Wildman–Crippen MR) is 91.7 cm³/mol. The quantitative estimate of drug-likeness (QED) is 0.805. The first-order chi connectivity index (χ1) is 11.5. The van der Waals surface area contributed by atoms with Crippen LogP contribution in [0.2, 0.25) is 5.02 Å². The van der Waals surface area contributed by atoms with Gasteiger partial charge < -0.3 is 20.5 Å². The van der Waals surface area contributed by atoms with E-state index in [9.17, 15) is 9.59 Å². The minimum atomic E-state index is -0.628. The predicted octanol–water partition coefficient (Wildman–Crippen LogP) is 2.86. The van der Waals surface area contributed by atoms with Crippen LogP contribution in [0.25, 0.3) is 0 Å². The van der Waals surface area contributed by atoms with E-state index in [1.54, 1.807) is 30.3 Å². The molecule has 0 fully saturated rings. The summed E-state index contributed by atoms with van der Waals surface area (Å²) >= 11 is 5.93. The second kappa shape index (κ2) is 8.21. The fourth-order valence-corrected chi connectivity index (χ4v) is 2.21. The van der Waals surface area contributed by atoms with E-state index in [4.69, 9.17) is 26.8 Å². The smallest absolute Gasteiger partial charge is 0.262 e. The van der Waals surface area contributed by atoms with Crippen LogP contribution >= 0.6 is 11.6 Å². The van der Waals surface area contributed by atoms with Crippen LogP contribution < -0.4 is 20.5 Å². The Bertz CT molecular complexity index is 732. The Balaban J connectivity index is 1.89. The van der Waals surface area contributed by atoms with Crippen LogP contribution in [0.15, 0.2) is 42.5 Å². The van der Waals surface area contributed by atoms with E-state index in [1.165, 1.54) is 12.1 Å². The van der Waals surface area contributed by atoms with Gasteiger partial charge in [0.1, 0.15) is 11.5 Å². The minimum absolute atomic E-state index is 0.164. The Morgan fingerprint density at radius 2 is 1.71 bits per heavy atom. The molecule has 2 aromatic carbocycles. The molecule has 0 saturated heterocycles. The van der Waals surface area contributed by atoms with E-state index in [2.05, 4.69) is 5.32 Å². The molecule has 0 saturated carbocycles. The number of carbonyl (C=O) groups is 2. The highest BCUT2D eigenvalue weighted by Crippen LogP contribution is 2.21. The Morgan fingerprint density at radius 1 is 1.08 bits per heavy atom. The molecule has 2 rings (SSSR count). The highest BCUT2D eigenvalue weighted by Gasteiger charge is 2.09. The molecule has 6 nitrogen and oxygen atoms in total. The highest BCUT2D eigenvalue weighted by molar-refractivity contribution is 6.34. The van der Waals surface area contributed by atoms with Crippen LogP contribution in [0, 0.1) is 0 Å². The van der Waals surface area contributed by atoms with Gasteiger partial charge in [-0.25, -0.2) is 0 Å². The molecule has 24 heavy (non-hydrogen) atoms. The van der Waals surface area contributed by atoms with E-state index in [0.717, 1.165) is 5.75 Å². The molecule has 0 atom stereocenters. The molecule has 0 spiro atoms. The molecule has 0 aliphatic carbocycles. The fourth-order valence-electron chi connectivity index (χ4n) is 1.94. The van der Waals surface area contributed by atoms with Crippen molar-refractivity contribution in [2.45, 2.75) is 6.92 Å². The van der Waals surface area contributed by atoms with Gasteiger partial charge in [0.25, 0.3) is 5.91 Å². The Kier molecular flexibility index (Phi) is 6.03. The summed E-state index contributed by atoms with van der Waals surface area (Å²) in [5, 5.41) is 2.80. The maximum Gasteiger partial charge on any atom is 0.262 e. The van der Waals surface area contributed by atoms with Crippen LogP contribution in [0.5, 0.6) is 11.5 Å². The van der Waals surface area contributed by atoms with E-state index >= 15 is 0 Å². The lowest BCUT2D eigenvalue weighted by molar-refractivity contribution is -0.118. The van der Waals surface area contributed by atoms with Gasteiger partial charge in [0.15, 0.2) is 6.61 Å². The number of nitrogens with one attached hydrogen (secondary N) is 1. The average Bonchev–Trinajstić information content (AvgIpc) is 2.54. The van der Waals surface area contributed by atoms with Crippen molar-refractivity contribution in [3.8, 4) is 11.5 Å². The van der Waals surface area contributed by atoms with Crippen LogP contribution in [0.3, 0.4) is 0 Å².